The molecule has 1 aliphatic heterocycles. The van der Waals surface area contributed by atoms with E-state index in [9.17, 15) is 9.90 Å². The monoisotopic (exact) mass is 474 g/mol. The van der Waals surface area contributed by atoms with Gasteiger partial charge in [-0.3, -0.25) is 9.69 Å². The van der Waals surface area contributed by atoms with E-state index in [-0.39, 0.29) is 24.4 Å². The van der Waals surface area contributed by atoms with Gasteiger partial charge < -0.3 is 19.9 Å². The van der Waals surface area contributed by atoms with E-state index in [2.05, 4.69) is 10.2 Å². The van der Waals surface area contributed by atoms with Crippen molar-refractivity contribution in [1.82, 2.24) is 4.90 Å². The van der Waals surface area contributed by atoms with Gasteiger partial charge in [-0.05, 0) is 48.4 Å². The third kappa shape index (κ3) is 4.60. The number of likely N-dealkylation sites (tertiary alicyclic amines) is 1. The third-order valence-electron chi connectivity index (χ3n) is 7.83. The minimum atomic E-state index is -0.696. The average molecular weight is 475 g/mol. The number of aliphatic hydroxyl groups is 1. The lowest BCUT2D eigenvalue weighted by Gasteiger charge is -2.52. The molecule has 3 aromatic carbocycles. The third-order valence-corrected chi connectivity index (χ3v) is 7.83. The number of nitrogens with one attached hydrogen (secondary N) is 1. The van der Waals surface area contributed by atoms with E-state index in [4.69, 9.17) is 9.47 Å². The van der Waals surface area contributed by atoms with Crippen molar-refractivity contribution in [3.05, 3.63) is 66.2 Å². The van der Waals surface area contributed by atoms with E-state index in [1.54, 1.807) is 14.2 Å². The van der Waals surface area contributed by atoms with Crippen LogP contribution in [0.5, 0.6) is 11.5 Å². The second-order valence-electron chi connectivity index (χ2n) is 9.81. The van der Waals surface area contributed by atoms with Gasteiger partial charge in [-0.15, -0.1) is 0 Å². The van der Waals surface area contributed by atoms with Crippen LogP contribution < -0.4 is 14.8 Å². The van der Waals surface area contributed by atoms with Gasteiger partial charge in [-0.1, -0.05) is 55.3 Å². The minimum absolute atomic E-state index is 0.0481. The number of benzene rings is 3. The Labute approximate surface area is 206 Å². The SMILES string of the molecule is COc1ccc([C@H]2[C@H]3CCCC[C@]3(O)CCN2CC(=O)Nc2cccc3ccccc23)cc1OC. The van der Waals surface area contributed by atoms with Crippen LogP contribution in [0.2, 0.25) is 0 Å². The van der Waals surface area contributed by atoms with Gasteiger partial charge in [0.2, 0.25) is 5.91 Å². The van der Waals surface area contributed by atoms with Crippen LogP contribution in [-0.2, 0) is 4.79 Å². The molecule has 1 saturated carbocycles. The van der Waals surface area contributed by atoms with Crippen molar-refractivity contribution in [3.63, 3.8) is 0 Å². The van der Waals surface area contributed by atoms with Gasteiger partial charge in [0, 0.05) is 29.6 Å². The number of hydrogen-bond donors (Lipinski definition) is 2. The Morgan fingerprint density at radius 2 is 1.83 bits per heavy atom. The Bertz CT molecular complexity index is 1210. The Hall–Kier alpha value is -3.09. The molecule has 0 unspecified atom stereocenters. The fourth-order valence-electron chi connectivity index (χ4n) is 6.11. The smallest absolute Gasteiger partial charge is 0.238 e. The topological polar surface area (TPSA) is 71.0 Å². The molecule has 2 fully saturated rings. The predicted molar refractivity (Wildman–Crippen MR) is 138 cm³/mol. The summed E-state index contributed by atoms with van der Waals surface area (Å²) >= 11 is 0. The standard InChI is InChI=1S/C29H34N2O4/c1-34-25-14-13-21(18-26(25)35-2)28-23-11-5-6-15-29(23,33)16-17-31(28)19-27(32)30-24-12-7-9-20-8-3-4-10-22(20)24/h3-4,7-10,12-14,18,23,28,33H,5-6,11,15-17,19H2,1-2H3,(H,30,32)/t23-,28+,29+/m1/s1. The van der Waals surface area contributed by atoms with E-state index in [0.29, 0.717) is 24.5 Å². The molecule has 5 rings (SSSR count). The molecule has 0 bridgehead atoms. The highest BCUT2D eigenvalue weighted by atomic mass is 16.5. The summed E-state index contributed by atoms with van der Waals surface area (Å²) in [5, 5.41) is 16.8. The number of carbonyl (C=O) groups is 1. The van der Waals surface area contributed by atoms with Crippen molar-refractivity contribution < 1.29 is 19.4 Å². The second-order valence-corrected chi connectivity index (χ2v) is 9.81. The fourth-order valence-corrected chi connectivity index (χ4v) is 6.11. The molecule has 0 radical (unpaired) electrons. The number of hydrogen-bond acceptors (Lipinski definition) is 5. The number of nitrogens with zero attached hydrogens (tertiary/aromatic N) is 1. The van der Waals surface area contributed by atoms with Gasteiger partial charge in [0.25, 0.3) is 0 Å². The van der Waals surface area contributed by atoms with Crippen molar-refractivity contribution in [2.75, 3.05) is 32.6 Å². The molecule has 184 valence electrons. The van der Waals surface area contributed by atoms with Gasteiger partial charge in [0.15, 0.2) is 11.5 Å². The lowest BCUT2D eigenvalue weighted by atomic mass is 9.66. The highest BCUT2D eigenvalue weighted by Crippen LogP contribution is 2.50. The Balaban J connectivity index is 1.44. The molecule has 1 amide bonds. The molecule has 1 heterocycles. The molecule has 2 aliphatic rings. The summed E-state index contributed by atoms with van der Waals surface area (Å²) in [6.45, 7) is 0.920. The molecule has 0 aromatic heterocycles. The number of amides is 1. The maximum atomic E-state index is 13.3. The first kappa shape index (κ1) is 23.6. The highest BCUT2D eigenvalue weighted by Gasteiger charge is 2.49. The zero-order chi connectivity index (χ0) is 24.4. The first-order valence-electron chi connectivity index (χ1n) is 12.5. The summed E-state index contributed by atoms with van der Waals surface area (Å²) in [5.74, 6) is 1.35. The van der Waals surface area contributed by atoms with Gasteiger partial charge >= 0.3 is 0 Å². The van der Waals surface area contributed by atoms with Crippen LogP contribution in [-0.4, -0.2) is 48.8 Å². The van der Waals surface area contributed by atoms with E-state index in [0.717, 1.165) is 47.7 Å². The van der Waals surface area contributed by atoms with Crippen LogP contribution in [0.3, 0.4) is 0 Å². The molecule has 35 heavy (non-hydrogen) atoms. The number of carbonyl (C=O) groups excluding carboxylic acids is 1. The van der Waals surface area contributed by atoms with Crippen molar-refractivity contribution in [3.8, 4) is 11.5 Å². The summed E-state index contributed by atoms with van der Waals surface area (Å²) < 4.78 is 11.0. The molecular formula is C29H34N2O4. The normalized spacial score (nSPS) is 24.5. The highest BCUT2D eigenvalue weighted by molar-refractivity contribution is 6.02. The van der Waals surface area contributed by atoms with Crippen molar-refractivity contribution in [2.45, 2.75) is 43.7 Å². The zero-order valence-electron chi connectivity index (χ0n) is 20.5. The van der Waals surface area contributed by atoms with Gasteiger partial charge in [-0.2, -0.15) is 0 Å². The van der Waals surface area contributed by atoms with Crippen LogP contribution in [0, 0.1) is 5.92 Å². The largest absolute Gasteiger partial charge is 0.493 e. The molecule has 1 aliphatic carbocycles. The summed E-state index contributed by atoms with van der Waals surface area (Å²) in [6.07, 6.45) is 4.58. The number of fused-ring (bicyclic) bond motifs is 2. The van der Waals surface area contributed by atoms with Crippen LogP contribution in [0.1, 0.15) is 43.7 Å². The number of rotatable bonds is 6. The Kier molecular flexibility index (Phi) is 6.67. The maximum Gasteiger partial charge on any atom is 0.238 e. The summed E-state index contributed by atoms with van der Waals surface area (Å²) in [4.78, 5) is 15.5. The predicted octanol–water partition coefficient (Wildman–Crippen LogP) is 5.16. The zero-order valence-corrected chi connectivity index (χ0v) is 20.5. The molecule has 1 saturated heterocycles. The van der Waals surface area contributed by atoms with Crippen LogP contribution in [0.15, 0.2) is 60.7 Å². The van der Waals surface area contributed by atoms with Gasteiger partial charge in [0.05, 0.1) is 26.4 Å². The second kappa shape index (κ2) is 9.88. The minimum Gasteiger partial charge on any atom is -0.493 e. The quantitative estimate of drug-likeness (QED) is 0.516. The lowest BCUT2D eigenvalue weighted by molar-refractivity contribution is -0.135. The molecule has 0 spiro atoms. The number of ether oxygens (including phenoxy) is 2. The summed E-state index contributed by atoms with van der Waals surface area (Å²) in [7, 11) is 3.26. The van der Waals surface area contributed by atoms with Crippen molar-refractivity contribution in [2.24, 2.45) is 5.92 Å². The maximum absolute atomic E-state index is 13.3. The molecule has 3 atom stereocenters. The number of methoxy groups -OCH3 is 2. The number of piperidine rings is 1. The fraction of sp³-hybridized carbons (Fsp3) is 0.414. The number of anilines is 1. The van der Waals surface area contributed by atoms with Crippen LogP contribution in [0.4, 0.5) is 5.69 Å². The molecule has 6 nitrogen and oxygen atoms in total. The van der Waals surface area contributed by atoms with E-state index in [1.807, 2.05) is 60.7 Å². The van der Waals surface area contributed by atoms with E-state index in [1.165, 1.54) is 0 Å². The molecule has 6 heteroatoms. The molecule has 2 N–H and O–H groups in total. The lowest BCUT2D eigenvalue weighted by Crippen LogP contribution is -2.56. The van der Waals surface area contributed by atoms with Crippen LogP contribution >= 0.6 is 0 Å². The van der Waals surface area contributed by atoms with E-state index >= 15 is 0 Å². The average Bonchev–Trinajstić information content (AvgIpc) is 2.88. The first-order valence-corrected chi connectivity index (χ1v) is 12.5. The van der Waals surface area contributed by atoms with Crippen molar-refractivity contribution >= 4 is 22.4 Å². The summed E-state index contributed by atoms with van der Waals surface area (Å²) in [5.41, 5.74) is 1.17. The Morgan fingerprint density at radius 3 is 2.66 bits per heavy atom. The van der Waals surface area contributed by atoms with E-state index < -0.39 is 5.60 Å². The van der Waals surface area contributed by atoms with Crippen LogP contribution in [0.25, 0.3) is 10.8 Å². The van der Waals surface area contributed by atoms with Gasteiger partial charge in [0.1, 0.15) is 0 Å². The summed E-state index contributed by atoms with van der Waals surface area (Å²) in [6, 6.07) is 19.9. The van der Waals surface area contributed by atoms with Gasteiger partial charge in [-0.25, -0.2) is 0 Å². The molecule has 3 aromatic rings. The Morgan fingerprint density at radius 1 is 1.03 bits per heavy atom. The molecular weight excluding hydrogens is 440 g/mol. The first-order chi connectivity index (χ1) is 17.0. The van der Waals surface area contributed by atoms with Crippen molar-refractivity contribution in [1.29, 1.82) is 0 Å².